The summed E-state index contributed by atoms with van der Waals surface area (Å²) in [7, 11) is 0. The van der Waals surface area contributed by atoms with Crippen LogP contribution in [0.15, 0.2) is 59.1 Å². The molecular formula is C15H9FN2O2. The van der Waals surface area contributed by atoms with Crippen LogP contribution in [0, 0.1) is 5.82 Å². The number of carbonyl (C=O) groups is 1. The number of aromatic nitrogens is 2. The third kappa shape index (κ3) is 2.33. The minimum Gasteiger partial charge on any atom is -0.333 e. The molecular weight excluding hydrogens is 259 g/mol. The van der Waals surface area contributed by atoms with Gasteiger partial charge in [-0.25, -0.2) is 4.39 Å². The number of benzene rings is 2. The van der Waals surface area contributed by atoms with Crippen LogP contribution in [0.1, 0.15) is 16.2 Å². The number of rotatable bonds is 3. The molecule has 4 nitrogen and oxygen atoms in total. The molecule has 1 aromatic heterocycles. The van der Waals surface area contributed by atoms with Crippen LogP contribution in [-0.2, 0) is 0 Å². The Hall–Kier alpha value is -2.82. The number of ketones is 1. The third-order valence-corrected chi connectivity index (χ3v) is 2.74. The van der Waals surface area contributed by atoms with E-state index in [0.717, 1.165) is 11.6 Å². The Morgan fingerprint density at radius 2 is 1.85 bits per heavy atom. The lowest BCUT2D eigenvalue weighted by Crippen LogP contribution is -2.03. The number of halogens is 1. The summed E-state index contributed by atoms with van der Waals surface area (Å²) in [5.41, 5.74) is 0.906. The zero-order chi connectivity index (χ0) is 13.9. The van der Waals surface area contributed by atoms with Crippen LogP contribution in [0.4, 0.5) is 4.39 Å². The number of carbonyl (C=O) groups excluding carboxylic acids is 1. The SMILES string of the molecule is O=C(c1cccc(F)c1)c1noc(-c2ccccc2)n1. The quantitative estimate of drug-likeness (QED) is 0.685. The maximum atomic E-state index is 13.1. The fourth-order valence-corrected chi connectivity index (χ4v) is 1.77. The van der Waals surface area contributed by atoms with Gasteiger partial charge in [0, 0.05) is 11.1 Å². The van der Waals surface area contributed by atoms with E-state index in [2.05, 4.69) is 10.1 Å². The van der Waals surface area contributed by atoms with Crippen molar-refractivity contribution in [2.45, 2.75) is 0 Å². The molecule has 3 rings (SSSR count). The Kier molecular flexibility index (Phi) is 3.09. The van der Waals surface area contributed by atoms with Crippen molar-refractivity contribution in [1.82, 2.24) is 10.1 Å². The second-order valence-electron chi connectivity index (χ2n) is 4.13. The van der Waals surface area contributed by atoms with Gasteiger partial charge in [0.1, 0.15) is 5.82 Å². The van der Waals surface area contributed by atoms with Crippen molar-refractivity contribution < 1.29 is 13.7 Å². The zero-order valence-corrected chi connectivity index (χ0v) is 10.3. The van der Waals surface area contributed by atoms with Gasteiger partial charge in [0.25, 0.3) is 5.89 Å². The van der Waals surface area contributed by atoms with Gasteiger partial charge in [-0.2, -0.15) is 4.98 Å². The van der Waals surface area contributed by atoms with Crippen molar-refractivity contribution >= 4 is 5.78 Å². The molecule has 2 aromatic carbocycles. The number of hydrogen-bond donors (Lipinski definition) is 0. The van der Waals surface area contributed by atoms with Crippen molar-refractivity contribution in [3.05, 3.63) is 71.8 Å². The molecule has 5 heteroatoms. The molecule has 0 saturated heterocycles. The van der Waals surface area contributed by atoms with Crippen LogP contribution in [0.25, 0.3) is 11.5 Å². The molecule has 0 saturated carbocycles. The van der Waals surface area contributed by atoms with Crippen LogP contribution in [0.2, 0.25) is 0 Å². The van der Waals surface area contributed by atoms with Gasteiger partial charge < -0.3 is 4.52 Å². The first-order valence-corrected chi connectivity index (χ1v) is 5.93. The summed E-state index contributed by atoms with van der Waals surface area (Å²) < 4.78 is 18.1. The lowest BCUT2D eigenvalue weighted by atomic mass is 10.1. The average molecular weight is 268 g/mol. The highest BCUT2D eigenvalue weighted by molar-refractivity contribution is 6.06. The Bertz CT molecular complexity index is 753. The highest BCUT2D eigenvalue weighted by Gasteiger charge is 2.17. The number of hydrogen-bond acceptors (Lipinski definition) is 4. The summed E-state index contributed by atoms with van der Waals surface area (Å²) in [4.78, 5) is 16.1. The van der Waals surface area contributed by atoms with Gasteiger partial charge in [-0.1, -0.05) is 35.5 Å². The van der Waals surface area contributed by atoms with E-state index in [-0.39, 0.29) is 17.3 Å². The van der Waals surface area contributed by atoms with Gasteiger partial charge in [0.05, 0.1) is 0 Å². The Labute approximate surface area is 113 Å². The molecule has 0 aliphatic rings. The van der Waals surface area contributed by atoms with Gasteiger partial charge in [-0.05, 0) is 24.3 Å². The lowest BCUT2D eigenvalue weighted by molar-refractivity contribution is 0.102. The average Bonchev–Trinajstić information content (AvgIpc) is 2.97. The van der Waals surface area contributed by atoms with Crippen molar-refractivity contribution in [2.75, 3.05) is 0 Å². The van der Waals surface area contributed by atoms with Crippen LogP contribution in [0.3, 0.4) is 0 Å². The van der Waals surface area contributed by atoms with E-state index in [1.165, 1.54) is 18.2 Å². The summed E-state index contributed by atoms with van der Waals surface area (Å²) in [6.07, 6.45) is 0. The van der Waals surface area contributed by atoms with Crippen LogP contribution >= 0.6 is 0 Å². The first-order valence-electron chi connectivity index (χ1n) is 5.93. The van der Waals surface area contributed by atoms with Crippen LogP contribution in [0.5, 0.6) is 0 Å². The topological polar surface area (TPSA) is 56.0 Å². The molecule has 98 valence electrons. The fraction of sp³-hybridized carbons (Fsp3) is 0. The molecule has 0 aliphatic carbocycles. The molecule has 0 atom stereocenters. The summed E-state index contributed by atoms with van der Waals surface area (Å²) in [6, 6.07) is 14.5. The van der Waals surface area contributed by atoms with E-state index in [9.17, 15) is 9.18 Å². The molecule has 3 aromatic rings. The summed E-state index contributed by atoms with van der Waals surface area (Å²) in [5, 5.41) is 3.64. The molecule has 20 heavy (non-hydrogen) atoms. The maximum absolute atomic E-state index is 13.1. The Morgan fingerprint density at radius 3 is 2.60 bits per heavy atom. The maximum Gasteiger partial charge on any atom is 0.258 e. The Morgan fingerprint density at radius 1 is 1.05 bits per heavy atom. The molecule has 0 amide bonds. The molecule has 0 fully saturated rings. The zero-order valence-electron chi connectivity index (χ0n) is 10.3. The normalized spacial score (nSPS) is 10.4. The van der Waals surface area contributed by atoms with Gasteiger partial charge in [0.15, 0.2) is 0 Å². The molecule has 0 unspecified atom stereocenters. The van der Waals surface area contributed by atoms with Crippen molar-refractivity contribution in [1.29, 1.82) is 0 Å². The van der Waals surface area contributed by atoms with E-state index < -0.39 is 11.6 Å². The summed E-state index contributed by atoms with van der Waals surface area (Å²) >= 11 is 0. The van der Waals surface area contributed by atoms with E-state index >= 15 is 0 Å². The monoisotopic (exact) mass is 268 g/mol. The van der Waals surface area contributed by atoms with E-state index in [0.29, 0.717) is 0 Å². The molecule has 0 bridgehead atoms. The minimum atomic E-state index is -0.484. The van der Waals surface area contributed by atoms with E-state index in [1.807, 2.05) is 18.2 Å². The predicted molar refractivity (Wildman–Crippen MR) is 69.6 cm³/mol. The molecule has 0 aliphatic heterocycles. The smallest absolute Gasteiger partial charge is 0.258 e. The standard InChI is InChI=1S/C15H9FN2O2/c16-12-8-4-7-11(9-12)13(19)14-17-15(20-18-14)10-5-2-1-3-6-10/h1-9H. The molecule has 1 heterocycles. The largest absolute Gasteiger partial charge is 0.333 e. The first-order chi connectivity index (χ1) is 9.74. The summed E-state index contributed by atoms with van der Waals surface area (Å²) in [5.74, 6) is -0.794. The molecule has 0 N–H and O–H groups in total. The predicted octanol–water partition coefficient (Wildman–Crippen LogP) is 3.11. The third-order valence-electron chi connectivity index (χ3n) is 2.74. The highest BCUT2D eigenvalue weighted by atomic mass is 19.1. The molecule has 0 spiro atoms. The minimum absolute atomic E-state index is 0.0885. The van der Waals surface area contributed by atoms with Gasteiger partial charge >= 0.3 is 0 Å². The van der Waals surface area contributed by atoms with Gasteiger partial charge in [-0.3, -0.25) is 4.79 Å². The Balaban J connectivity index is 1.93. The van der Waals surface area contributed by atoms with Crippen molar-refractivity contribution in [3.8, 4) is 11.5 Å². The second kappa shape index (κ2) is 5.05. The lowest BCUT2D eigenvalue weighted by Gasteiger charge is -1.95. The van der Waals surface area contributed by atoms with Crippen LogP contribution < -0.4 is 0 Å². The fourth-order valence-electron chi connectivity index (χ4n) is 1.77. The first kappa shape index (κ1) is 12.2. The molecule has 0 radical (unpaired) electrons. The summed E-state index contributed by atoms with van der Waals surface area (Å²) in [6.45, 7) is 0. The van der Waals surface area contributed by atoms with E-state index in [4.69, 9.17) is 4.52 Å². The van der Waals surface area contributed by atoms with Crippen molar-refractivity contribution in [3.63, 3.8) is 0 Å². The van der Waals surface area contributed by atoms with E-state index in [1.54, 1.807) is 12.1 Å². The van der Waals surface area contributed by atoms with Crippen molar-refractivity contribution in [2.24, 2.45) is 0 Å². The van der Waals surface area contributed by atoms with Gasteiger partial charge in [-0.15, -0.1) is 0 Å². The second-order valence-corrected chi connectivity index (χ2v) is 4.13. The number of nitrogens with zero attached hydrogens (tertiary/aromatic N) is 2. The van der Waals surface area contributed by atoms with Gasteiger partial charge in [0.2, 0.25) is 11.6 Å². The highest BCUT2D eigenvalue weighted by Crippen LogP contribution is 2.17. The van der Waals surface area contributed by atoms with Crippen LogP contribution in [-0.4, -0.2) is 15.9 Å².